The summed E-state index contributed by atoms with van der Waals surface area (Å²) in [4.78, 5) is 22.7. The van der Waals surface area contributed by atoms with Crippen LogP contribution in [0, 0.1) is 5.92 Å². The summed E-state index contributed by atoms with van der Waals surface area (Å²) >= 11 is 0. The maximum absolute atomic E-state index is 11.7. The lowest BCUT2D eigenvalue weighted by atomic mass is 9.85. The van der Waals surface area contributed by atoms with E-state index in [0.29, 0.717) is 17.9 Å². The molecule has 0 aliphatic heterocycles. The first-order chi connectivity index (χ1) is 8.04. The van der Waals surface area contributed by atoms with E-state index < -0.39 is 6.09 Å². The van der Waals surface area contributed by atoms with Crippen molar-refractivity contribution >= 4 is 12.0 Å². The highest BCUT2D eigenvalue weighted by atomic mass is 16.5. The molecule has 0 spiro atoms. The Kier molecular flexibility index (Phi) is 4.94. The Balaban J connectivity index is 2.49. The minimum atomic E-state index is -0.680. The van der Waals surface area contributed by atoms with Crippen molar-refractivity contribution in [3.05, 3.63) is 23.8 Å². The van der Waals surface area contributed by atoms with Crippen LogP contribution in [0.2, 0.25) is 0 Å². The zero-order chi connectivity index (χ0) is 12.8. The molecule has 4 nitrogen and oxygen atoms in total. The standard InChI is InChI=1S/C13H19NO3/c1-4-17-13(16)14-12(15)11-7-5-10(6-8-11)9(2)3/h7,10H,2,4-6,8H2,1,3H3,(H,14,15,16). The van der Waals surface area contributed by atoms with E-state index in [1.807, 2.05) is 13.0 Å². The van der Waals surface area contributed by atoms with Crippen LogP contribution < -0.4 is 5.32 Å². The maximum Gasteiger partial charge on any atom is 0.414 e. The molecular formula is C13H19NO3. The Hall–Kier alpha value is -1.58. The smallest absolute Gasteiger partial charge is 0.414 e. The molecule has 0 aromatic heterocycles. The summed E-state index contributed by atoms with van der Waals surface area (Å²) in [5.74, 6) is 0.109. The van der Waals surface area contributed by atoms with Gasteiger partial charge in [-0.25, -0.2) is 4.79 Å². The van der Waals surface area contributed by atoms with Gasteiger partial charge in [-0.2, -0.15) is 0 Å². The van der Waals surface area contributed by atoms with Crippen LogP contribution in [0.25, 0.3) is 0 Å². The second kappa shape index (κ2) is 6.23. The SMILES string of the molecule is C=C(C)C1CC=C(C(=O)NC(=O)OCC)CC1. The lowest BCUT2D eigenvalue weighted by Crippen LogP contribution is -2.33. The Morgan fingerprint density at radius 2 is 2.29 bits per heavy atom. The van der Waals surface area contributed by atoms with Crippen molar-refractivity contribution in [2.24, 2.45) is 5.92 Å². The fourth-order valence-corrected chi connectivity index (χ4v) is 1.83. The van der Waals surface area contributed by atoms with Crippen LogP contribution >= 0.6 is 0 Å². The highest BCUT2D eigenvalue weighted by Crippen LogP contribution is 2.28. The van der Waals surface area contributed by atoms with Crippen LogP contribution in [-0.2, 0) is 9.53 Å². The molecule has 1 rings (SSSR count). The van der Waals surface area contributed by atoms with Gasteiger partial charge in [-0.15, -0.1) is 0 Å². The average molecular weight is 237 g/mol. The van der Waals surface area contributed by atoms with Crippen molar-refractivity contribution < 1.29 is 14.3 Å². The third kappa shape index (κ3) is 4.06. The summed E-state index contributed by atoms with van der Waals surface area (Å²) in [5.41, 5.74) is 1.81. The number of ether oxygens (including phenoxy) is 1. The van der Waals surface area contributed by atoms with Crippen molar-refractivity contribution in [2.75, 3.05) is 6.61 Å². The van der Waals surface area contributed by atoms with E-state index in [-0.39, 0.29) is 12.5 Å². The van der Waals surface area contributed by atoms with Crippen LogP contribution in [-0.4, -0.2) is 18.6 Å². The van der Waals surface area contributed by atoms with Gasteiger partial charge < -0.3 is 4.74 Å². The maximum atomic E-state index is 11.7. The summed E-state index contributed by atoms with van der Waals surface area (Å²) < 4.78 is 4.65. The van der Waals surface area contributed by atoms with Crippen LogP contribution in [0.5, 0.6) is 0 Å². The topological polar surface area (TPSA) is 55.4 Å². The van der Waals surface area contributed by atoms with Gasteiger partial charge in [0.25, 0.3) is 5.91 Å². The second-order valence-corrected chi connectivity index (χ2v) is 4.22. The van der Waals surface area contributed by atoms with E-state index in [2.05, 4.69) is 16.6 Å². The molecule has 0 aromatic rings. The summed E-state index contributed by atoms with van der Waals surface area (Å²) in [7, 11) is 0. The first-order valence-corrected chi connectivity index (χ1v) is 5.87. The molecule has 0 saturated carbocycles. The van der Waals surface area contributed by atoms with Gasteiger partial charge in [-0.05, 0) is 39.0 Å². The molecule has 1 aliphatic rings. The monoisotopic (exact) mass is 237 g/mol. The van der Waals surface area contributed by atoms with E-state index in [0.717, 1.165) is 18.4 Å². The number of nitrogens with one attached hydrogen (secondary N) is 1. The number of alkyl carbamates (subject to hydrolysis) is 1. The number of rotatable bonds is 3. The number of hydrogen-bond donors (Lipinski definition) is 1. The van der Waals surface area contributed by atoms with Gasteiger partial charge in [-0.3, -0.25) is 10.1 Å². The Morgan fingerprint density at radius 3 is 2.76 bits per heavy atom. The molecule has 0 aromatic carbocycles. The highest BCUT2D eigenvalue weighted by Gasteiger charge is 2.20. The van der Waals surface area contributed by atoms with Crippen molar-refractivity contribution in [1.82, 2.24) is 5.32 Å². The van der Waals surface area contributed by atoms with Crippen LogP contribution in [0.1, 0.15) is 33.1 Å². The van der Waals surface area contributed by atoms with E-state index in [1.165, 1.54) is 0 Å². The molecule has 4 heteroatoms. The molecular weight excluding hydrogens is 218 g/mol. The lowest BCUT2D eigenvalue weighted by Gasteiger charge is -2.21. The second-order valence-electron chi connectivity index (χ2n) is 4.22. The lowest BCUT2D eigenvalue weighted by molar-refractivity contribution is -0.117. The van der Waals surface area contributed by atoms with Gasteiger partial charge in [-0.1, -0.05) is 18.2 Å². The largest absolute Gasteiger partial charge is 0.450 e. The Bertz CT molecular complexity index is 358. The Morgan fingerprint density at radius 1 is 1.59 bits per heavy atom. The summed E-state index contributed by atoms with van der Waals surface area (Å²) in [5, 5.41) is 2.20. The van der Waals surface area contributed by atoms with E-state index in [9.17, 15) is 9.59 Å². The number of imide groups is 1. The Labute approximate surface area is 102 Å². The molecule has 0 heterocycles. The molecule has 1 atom stereocenters. The molecule has 1 aliphatic carbocycles. The van der Waals surface area contributed by atoms with E-state index >= 15 is 0 Å². The van der Waals surface area contributed by atoms with Gasteiger partial charge in [0.15, 0.2) is 0 Å². The van der Waals surface area contributed by atoms with Gasteiger partial charge in [0, 0.05) is 5.57 Å². The number of amides is 2. The van der Waals surface area contributed by atoms with Crippen molar-refractivity contribution in [1.29, 1.82) is 0 Å². The third-order valence-corrected chi connectivity index (χ3v) is 2.89. The summed E-state index contributed by atoms with van der Waals surface area (Å²) in [6, 6.07) is 0. The molecule has 0 bridgehead atoms. The summed E-state index contributed by atoms with van der Waals surface area (Å²) in [6.07, 6.45) is 3.62. The average Bonchev–Trinajstić information content (AvgIpc) is 2.29. The molecule has 1 N–H and O–H groups in total. The van der Waals surface area contributed by atoms with Crippen molar-refractivity contribution in [2.45, 2.75) is 33.1 Å². The third-order valence-electron chi connectivity index (χ3n) is 2.89. The number of carbonyl (C=O) groups excluding carboxylic acids is 2. The zero-order valence-corrected chi connectivity index (χ0v) is 10.4. The minimum absolute atomic E-state index is 0.260. The molecule has 1 unspecified atom stereocenters. The molecule has 0 fully saturated rings. The van der Waals surface area contributed by atoms with Gasteiger partial charge in [0.2, 0.25) is 0 Å². The predicted molar refractivity (Wildman–Crippen MR) is 65.4 cm³/mol. The first-order valence-electron chi connectivity index (χ1n) is 5.87. The van der Waals surface area contributed by atoms with Crippen molar-refractivity contribution in [3.63, 3.8) is 0 Å². The fourth-order valence-electron chi connectivity index (χ4n) is 1.83. The van der Waals surface area contributed by atoms with Crippen LogP contribution in [0.4, 0.5) is 4.79 Å². The number of allylic oxidation sites excluding steroid dienone is 2. The summed E-state index contributed by atoms with van der Waals surface area (Å²) in [6.45, 7) is 7.88. The first kappa shape index (κ1) is 13.5. The van der Waals surface area contributed by atoms with Crippen LogP contribution in [0.3, 0.4) is 0 Å². The fraction of sp³-hybridized carbons (Fsp3) is 0.538. The normalized spacial score (nSPS) is 19.2. The molecule has 0 saturated heterocycles. The van der Waals surface area contributed by atoms with Gasteiger partial charge in [0.05, 0.1) is 6.61 Å². The quantitative estimate of drug-likeness (QED) is 0.767. The van der Waals surface area contributed by atoms with Gasteiger partial charge >= 0.3 is 6.09 Å². The molecule has 0 radical (unpaired) electrons. The van der Waals surface area contributed by atoms with E-state index in [4.69, 9.17) is 0 Å². The number of hydrogen-bond acceptors (Lipinski definition) is 3. The zero-order valence-electron chi connectivity index (χ0n) is 10.4. The number of carbonyl (C=O) groups is 2. The predicted octanol–water partition coefficient (Wildman–Crippen LogP) is 2.56. The highest BCUT2D eigenvalue weighted by molar-refractivity contribution is 6.02. The van der Waals surface area contributed by atoms with Gasteiger partial charge in [0.1, 0.15) is 0 Å². The van der Waals surface area contributed by atoms with Crippen LogP contribution in [0.15, 0.2) is 23.8 Å². The van der Waals surface area contributed by atoms with Crippen molar-refractivity contribution in [3.8, 4) is 0 Å². The molecule has 94 valence electrons. The minimum Gasteiger partial charge on any atom is -0.450 e. The molecule has 17 heavy (non-hydrogen) atoms. The van der Waals surface area contributed by atoms with E-state index in [1.54, 1.807) is 6.92 Å². The molecule has 2 amide bonds.